The summed E-state index contributed by atoms with van der Waals surface area (Å²) >= 11 is 3.44. The second-order valence-corrected chi connectivity index (χ2v) is 7.45. The number of hydrogen-bond donors (Lipinski definition) is 1. The van der Waals surface area contributed by atoms with Crippen molar-refractivity contribution in [1.29, 1.82) is 0 Å². The van der Waals surface area contributed by atoms with E-state index in [1.807, 2.05) is 25.1 Å². The number of ether oxygens (including phenoxy) is 1. The molecular weight excluding hydrogens is 330 g/mol. The number of hydrogen-bond acceptors (Lipinski definition) is 4. The smallest absolute Gasteiger partial charge is 0.153 e. The third-order valence-electron chi connectivity index (χ3n) is 2.61. The normalized spacial score (nSPS) is 11.5. The largest absolute Gasteiger partial charge is 0.493 e. The van der Waals surface area contributed by atoms with Crippen LogP contribution in [-0.2, 0) is 16.3 Å². The summed E-state index contributed by atoms with van der Waals surface area (Å²) in [5, 5.41) is 0. The van der Waals surface area contributed by atoms with Gasteiger partial charge in [-0.15, -0.1) is 0 Å². The van der Waals surface area contributed by atoms with Crippen molar-refractivity contribution in [2.45, 2.75) is 19.8 Å². The molecule has 6 heteroatoms. The van der Waals surface area contributed by atoms with Crippen LogP contribution in [0.5, 0.6) is 5.75 Å². The standard InChI is InChI=1S/C13H20BrNO3S/c1-2-8-19(16,17)9-7-18-12-3-4-13(14)11(10-12)5-6-15/h3-4,10H,2,5-9,15H2,1H3. The molecule has 0 aliphatic rings. The molecule has 0 heterocycles. The van der Waals surface area contributed by atoms with Crippen LogP contribution in [0, 0.1) is 0 Å². The third kappa shape index (κ3) is 5.93. The van der Waals surface area contributed by atoms with Crippen molar-refractivity contribution in [3.8, 4) is 5.75 Å². The Labute approximate surface area is 123 Å². The lowest BCUT2D eigenvalue weighted by molar-refractivity contribution is 0.340. The van der Waals surface area contributed by atoms with Crippen LogP contribution in [0.25, 0.3) is 0 Å². The first-order valence-corrected chi connectivity index (χ1v) is 8.91. The van der Waals surface area contributed by atoms with Crippen molar-refractivity contribution >= 4 is 25.8 Å². The molecule has 0 saturated carbocycles. The molecule has 0 saturated heterocycles. The van der Waals surface area contributed by atoms with Gasteiger partial charge in [0, 0.05) is 4.47 Å². The van der Waals surface area contributed by atoms with E-state index in [-0.39, 0.29) is 18.1 Å². The lowest BCUT2D eigenvalue weighted by Crippen LogP contribution is -2.16. The molecule has 0 aliphatic carbocycles. The molecule has 1 aromatic carbocycles. The van der Waals surface area contributed by atoms with E-state index >= 15 is 0 Å². The van der Waals surface area contributed by atoms with E-state index < -0.39 is 9.84 Å². The van der Waals surface area contributed by atoms with Gasteiger partial charge >= 0.3 is 0 Å². The van der Waals surface area contributed by atoms with Crippen molar-refractivity contribution in [3.63, 3.8) is 0 Å². The van der Waals surface area contributed by atoms with Crippen LogP contribution >= 0.6 is 15.9 Å². The number of halogens is 1. The number of benzene rings is 1. The molecule has 0 fully saturated rings. The lowest BCUT2D eigenvalue weighted by atomic mass is 10.1. The Balaban J connectivity index is 2.56. The molecule has 108 valence electrons. The number of rotatable bonds is 8. The van der Waals surface area contributed by atoms with Crippen molar-refractivity contribution in [3.05, 3.63) is 28.2 Å². The summed E-state index contributed by atoms with van der Waals surface area (Å²) in [6.45, 7) is 2.60. The van der Waals surface area contributed by atoms with Crippen LogP contribution in [0.1, 0.15) is 18.9 Å². The molecule has 19 heavy (non-hydrogen) atoms. The van der Waals surface area contributed by atoms with Gasteiger partial charge in [0.25, 0.3) is 0 Å². The van der Waals surface area contributed by atoms with E-state index in [9.17, 15) is 8.42 Å². The van der Waals surface area contributed by atoms with Crippen molar-refractivity contribution < 1.29 is 13.2 Å². The summed E-state index contributed by atoms with van der Waals surface area (Å²) in [7, 11) is -2.98. The van der Waals surface area contributed by atoms with Gasteiger partial charge in [-0.3, -0.25) is 0 Å². The van der Waals surface area contributed by atoms with Crippen LogP contribution in [0.3, 0.4) is 0 Å². The topological polar surface area (TPSA) is 69.4 Å². The van der Waals surface area contributed by atoms with Crippen LogP contribution in [-0.4, -0.2) is 33.1 Å². The van der Waals surface area contributed by atoms with E-state index in [0.29, 0.717) is 18.7 Å². The van der Waals surface area contributed by atoms with E-state index in [4.69, 9.17) is 10.5 Å². The molecule has 0 spiro atoms. The van der Waals surface area contributed by atoms with E-state index in [1.54, 1.807) is 0 Å². The average Bonchev–Trinajstić information content (AvgIpc) is 2.33. The predicted molar refractivity (Wildman–Crippen MR) is 81.3 cm³/mol. The van der Waals surface area contributed by atoms with Crippen LogP contribution in [0.2, 0.25) is 0 Å². The maximum Gasteiger partial charge on any atom is 0.153 e. The fourth-order valence-corrected chi connectivity index (χ4v) is 3.30. The molecule has 2 N–H and O–H groups in total. The van der Waals surface area contributed by atoms with Gasteiger partial charge in [-0.1, -0.05) is 22.9 Å². The number of nitrogens with two attached hydrogens (primary N) is 1. The fraction of sp³-hybridized carbons (Fsp3) is 0.538. The quantitative estimate of drug-likeness (QED) is 0.780. The van der Waals surface area contributed by atoms with Crippen LogP contribution in [0.4, 0.5) is 0 Å². The first kappa shape index (κ1) is 16.5. The summed E-state index contributed by atoms with van der Waals surface area (Å²) in [6, 6.07) is 5.60. The Morgan fingerprint density at radius 2 is 2.05 bits per heavy atom. The molecule has 0 bridgehead atoms. The molecule has 0 unspecified atom stereocenters. The van der Waals surface area contributed by atoms with Crippen LogP contribution < -0.4 is 10.5 Å². The van der Waals surface area contributed by atoms with Gasteiger partial charge < -0.3 is 10.5 Å². The molecule has 0 atom stereocenters. The first-order valence-electron chi connectivity index (χ1n) is 6.30. The lowest BCUT2D eigenvalue weighted by Gasteiger charge is -2.09. The van der Waals surface area contributed by atoms with E-state index in [1.165, 1.54) is 0 Å². The van der Waals surface area contributed by atoms with Crippen LogP contribution in [0.15, 0.2) is 22.7 Å². The third-order valence-corrected chi connectivity index (χ3v) is 5.20. The average molecular weight is 350 g/mol. The zero-order valence-corrected chi connectivity index (χ0v) is 13.5. The van der Waals surface area contributed by atoms with Crippen molar-refractivity contribution in [1.82, 2.24) is 0 Å². The van der Waals surface area contributed by atoms with Gasteiger partial charge in [0.1, 0.15) is 12.4 Å². The number of sulfone groups is 1. The van der Waals surface area contributed by atoms with Gasteiger partial charge in [0.2, 0.25) is 0 Å². The van der Waals surface area contributed by atoms with E-state index in [2.05, 4.69) is 15.9 Å². The summed E-state index contributed by atoms with van der Waals surface area (Å²) in [5.74, 6) is 0.955. The highest BCUT2D eigenvalue weighted by atomic mass is 79.9. The molecule has 0 amide bonds. The Morgan fingerprint density at radius 1 is 1.32 bits per heavy atom. The van der Waals surface area contributed by atoms with Gasteiger partial charge in [-0.05, 0) is 43.1 Å². The highest BCUT2D eigenvalue weighted by Gasteiger charge is 2.09. The molecule has 0 radical (unpaired) electrons. The Bertz CT molecular complexity index is 503. The monoisotopic (exact) mass is 349 g/mol. The van der Waals surface area contributed by atoms with Gasteiger partial charge in [0.05, 0.1) is 11.5 Å². The summed E-state index contributed by atoms with van der Waals surface area (Å²) in [5.41, 5.74) is 6.60. The second kappa shape index (κ2) is 7.87. The molecule has 1 rings (SSSR count). The molecule has 4 nitrogen and oxygen atoms in total. The zero-order chi connectivity index (χ0) is 14.3. The minimum Gasteiger partial charge on any atom is -0.493 e. The second-order valence-electron chi connectivity index (χ2n) is 4.29. The SMILES string of the molecule is CCCS(=O)(=O)CCOc1ccc(Br)c(CCN)c1. The highest BCUT2D eigenvalue weighted by Crippen LogP contribution is 2.22. The maximum absolute atomic E-state index is 11.5. The maximum atomic E-state index is 11.5. The first-order chi connectivity index (χ1) is 8.98. The predicted octanol–water partition coefficient (Wildman–Crippen LogP) is 2.15. The van der Waals surface area contributed by atoms with Crippen molar-refractivity contribution in [2.75, 3.05) is 24.7 Å². The van der Waals surface area contributed by atoms with E-state index in [0.717, 1.165) is 16.5 Å². The molecule has 1 aromatic rings. The molecule has 0 aliphatic heterocycles. The van der Waals surface area contributed by atoms with Gasteiger partial charge in [-0.2, -0.15) is 0 Å². The minimum atomic E-state index is -2.98. The summed E-state index contributed by atoms with van der Waals surface area (Å²) in [6.07, 6.45) is 1.40. The van der Waals surface area contributed by atoms with Gasteiger partial charge in [-0.25, -0.2) is 8.42 Å². The zero-order valence-electron chi connectivity index (χ0n) is 11.1. The van der Waals surface area contributed by atoms with Crippen molar-refractivity contribution in [2.24, 2.45) is 5.73 Å². The minimum absolute atomic E-state index is 0.0587. The summed E-state index contributed by atoms with van der Waals surface area (Å²) < 4.78 is 29.6. The van der Waals surface area contributed by atoms with Gasteiger partial charge in [0.15, 0.2) is 9.84 Å². The Morgan fingerprint density at radius 3 is 2.68 bits per heavy atom. The Kier molecular flexibility index (Phi) is 6.82. The molecular formula is C13H20BrNO3S. The summed E-state index contributed by atoms with van der Waals surface area (Å²) in [4.78, 5) is 0. The fourth-order valence-electron chi connectivity index (χ4n) is 1.69. The highest BCUT2D eigenvalue weighted by molar-refractivity contribution is 9.10. The Hall–Kier alpha value is -0.590. The molecule has 0 aromatic heterocycles.